The predicted molar refractivity (Wildman–Crippen MR) is 114 cm³/mol. The molecule has 3 heterocycles. The first-order valence-electron chi connectivity index (χ1n) is 9.46. The molecule has 1 aliphatic rings. The predicted octanol–water partition coefficient (Wildman–Crippen LogP) is 3.30. The fraction of sp³-hybridized carbons (Fsp3) is 0.286. The molecule has 29 heavy (non-hydrogen) atoms. The van der Waals surface area contributed by atoms with Gasteiger partial charge in [-0.05, 0) is 61.7 Å². The average Bonchev–Trinajstić information content (AvgIpc) is 3.38. The Kier molecular flexibility index (Phi) is 5.33. The van der Waals surface area contributed by atoms with Gasteiger partial charge >= 0.3 is 0 Å². The van der Waals surface area contributed by atoms with Crippen molar-refractivity contribution in [3.8, 4) is 5.69 Å². The number of benzene rings is 1. The fourth-order valence-corrected chi connectivity index (χ4v) is 6.25. The van der Waals surface area contributed by atoms with Crippen LogP contribution in [0.25, 0.3) is 5.69 Å². The Morgan fingerprint density at radius 1 is 0.897 bits per heavy atom. The number of amides is 1. The fourth-order valence-electron chi connectivity index (χ4n) is 3.68. The zero-order valence-electron chi connectivity index (χ0n) is 16.4. The highest BCUT2D eigenvalue weighted by atomic mass is 32.2. The number of sulfonamides is 1. The number of aryl methyl sites for hydroxylation is 2. The number of aromatic nitrogens is 1. The van der Waals surface area contributed by atoms with E-state index in [2.05, 4.69) is 30.5 Å². The molecule has 0 unspecified atom stereocenters. The van der Waals surface area contributed by atoms with Crippen LogP contribution in [0, 0.1) is 13.8 Å². The lowest BCUT2D eigenvalue weighted by atomic mass is 10.1. The van der Waals surface area contributed by atoms with E-state index in [0.29, 0.717) is 36.0 Å². The van der Waals surface area contributed by atoms with Crippen molar-refractivity contribution in [3.05, 3.63) is 70.9 Å². The summed E-state index contributed by atoms with van der Waals surface area (Å²) in [6.07, 6.45) is 0. The van der Waals surface area contributed by atoms with Gasteiger partial charge in [-0.3, -0.25) is 4.79 Å². The van der Waals surface area contributed by atoms with Gasteiger partial charge in [0.15, 0.2) is 0 Å². The van der Waals surface area contributed by atoms with Crippen molar-refractivity contribution in [2.24, 2.45) is 0 Å². The average molecular weight is 430 g/mol. The molecule has 0 atom stereocenters. The Morgan fingerprint density at radius 3 is 2.07 bits per heavy atom. The summed E-state index contributed by atoms with van der Waals surface area (Å²) in [4.78, 5) is 14.6. The second-order valence-electron chi connectivity index (χ2n) is 7.13. The molecule has 8 heteroatoms. The van der Waals surface area contributed by atoms with Crippen LogP contribution in [0.4, 0.5) is 0 Å². The minimum absolute atomic E-state index is 0.0642. The van der Waals surface area contributed by atoms with Gasteiger partial charge in [-0.2, -0.15) is 4.31 Å². The topological polar surface area (TPSA) is 62.6 Å². The summed E-state index contributed by atoms with van der Waals surface area (Å²) in [5.41, 5.74) is 3.92. The number of hydrogen-bond acceptors (Lipinski definition) is 4. The molecule has 152 valence electrons. The standard InChI is InChI=1S/C21H23N3O3S2/c1-16-5-6-17(2)24(16)19-9-7-18(8-10-19)21(25)22-11-13-23(14-12-22)29(26,27)20-4-3-15-28-20/h3-10,15H,11-14H2,1-2H3. The van der Waals surface area contributed by atoms with Crippen molar-refractivity contribution >= 4 is 27.3 Å². The van der Waals surface area contributed by atoms with Crippen LogP contribution in [0.5, 0.6) is 0 Å². The summed E-state index contributed by atoms with van der Waals surface area (Å²) in [5, 5.41) is 1.76. The molecule has 2 aromatic heterocycles. The van der Waals surface area contributed by atoms with Gasteiger partial charge in [0.1, 0.15) is 4.21 Å². The second-order valence-corrected chi connectivity index (χ2v) is 10.2. The molecule has 0 radical (unpaired) electrons. The molecule has 4 rings (SSSR count). The van der Waals surface area contributed by atoms with Crippen LogP contribution in [-0.4, -0.2) is 54.3 Å². The highest BCUT2D eigenvalue weighted by Gasteiger charge is 2.31. The number of rotatable bonds is 4. The van der Waals surface area contributed by atoms with Crippen molar-refractivity contribution in [2.75, 3.05) is 26.2 Å². The normalized spacial score (nSPS) is 15.6. The van der Waals surface area contributed by atoms with Gasteiger partial charge in [0.2, 0.25) is 0 Å². The van der Waals surface area contributed by atoms with E-state index in [9.17, 15) is 13.2 Å². The number of piperazine rings is 1. The van der Waals surface area contributed by atoms with Gasteiger partial charge < -0.3 is 9.47 Å². The minimum Gasteiger partial charge on any atom is -0.336 e. The zero-order valence-corrected chi connectivity index (χ0v) is 18.0. The Labute approximate surface area is 175 Å². The van der Waals surface area contributed by atoms with Gasteiger partial charge in [0, 0.05) is 48.8 Å². The maximum atomic E-state index is 12.9. The van der Waals surface area contributed by atoms with Gasteiger partial charge in [-0.15, -0.1) is 11.3 Å². The summed E-state index contributed by atoms with van der Waals surface area (Å²) >= 11 is 1.22. The van der Waals surface area contributed by atoms with E-state index >= 15 is 0 Å². The molecule has 3 aromatic rings. The van der Waals surface area contributed by atoms with Gasteiger partial charge in [0.25, 0.3) is 15.9 Å². The van der Waals surface area contributed by atoms with Gasteiger partial charge in [-0.1, -0.05) is 6.07 Å². The maximum Gasteiger partial charge on any atom is 0.253 e. The van der Waals surface area contributed by atoms with Crippen molar-refractivity contribution < 1.29 is 13.2 Å². The third-order valence-corrected chi connectivity index (χ3v) is 8.53. The molecule has 1 fully saturated rings. The summed E-state index contributed by atoms with van der Waals surface area (Å²) in [6, 6.07) is 15.1. The Bertz CT molecular complexity index is 1090. The lowest BCUT2D eigenvalue weighted by Gasteiger charge is -2.33. The largest absolute Gasteiger partial charge is 0.336 e. The molecule has 6 nitrogen and oxygen atoms in total. The molecule has 0 saturated carbocycles. The van der Waals surface area contributed by atoms with Crippen LogP contribution in [0.15, 0.2) is 58.1 Å². The molecule has 0 bridgehead atoms. The Morgan fingerprint density at radius 2 is 1.52 bits per heavy atom. The SMILES string of the molecule is Cc1ccc(C)n1-c1ccc(C(=O)N2CCN(S(=O)(=O)c3cccs3)CC2)cc1. The summed E-state index contributed by atoms with van der Waals surface area (Å²) in [5.74, 6) is -0.0642. The number of nitrogens with zero attached hydrogens (tertiary/aromatic N) is 3. The van der Waals surface area contributed by atoms with Gasteiger partial charge in [0.05, 0.1) is 0 Å². The van der Waals surface area contributed by atoms with Crippen LogP contribution in [0.3, 0.4) is 0 Å². The molecule has 1 aliphatic heterocycles. The molecular weight excluding hydrogens is 406 g/mol. The van der Waals surface area contributed by atoms with Crippen LogP contribution < -0.4 is 0 Å². The third-order valence-electron chi connectivity index (χ3n) is 5.26. The first-order chi connectivity index (χ1) is 13.9. The molecule has 1 aromatic carbocycles. The number of carbonyl (C=O) groups is 1. The minimum atomic E-state index is -3.46. The van der Waals surface area contributed by atoms with E-state index in [1.54, 1.807) is 22.4 Å². The van der Waals surface area contributed by atoms with Crippen molar-refractivity contribution in [1.29, 1.82) is 0 Å². The molecule has 0 N–H and O–H groups in total. The molecule has 1 amide bonds. The van der Waals surface area contributed by atoms with Crippen LogP contribution in [0.2, 0.25) is 0 Å². The molecule has 0 aliphatic carbocycles. The highest BCUT2D eigenvalue weighted by Crippen LogP contribution is 2.23. The van der Waals surface area contributed by atoms with Crippen LogP contribution >= 0.6 is 11.3 Å². The molecule has 1 saturated heterocycles. The van der Waals surface area contributed by atoms with E-state index in [1.165, 1.54) is 15.6 Å². The monoisotopic (exact) mass is 429 g/mol. The smallest absolute Gasteiger partial charge is 0.253 e. The summed E-state index contributed by atoms with van der Waals surface area (Å²) < 4.78 is 29.2. The van der Waals surface area contributed by atoms with E-state index in [4.69, 9.17) is 0 Å². The number of hydrogen-bond donors (Lipinski definition) is 0. The zero-order chi connectivity index (χ0) is 20.6. The molecular formula is C21H23N3O3S2. The van der Waals surface area contributed by atoms with E-state index in [0.717, 1.165) is 17.1 Å². The lowest BCUT2D eigenvalue weighted by Crippen LogP contribution is -2.50. The van der Waals surface area contributed by atoms with E-state index < -0.39 is 10.0 Å². The van der Waals surface area contributed by atoms with Gasteiger partial charge in [-0.25, -0.2) is 8.42 Å². The quantitative estimate of drug-likeness (QED) is 0.639. The first kappa shape index (κ1) is 19.9. The lowest BCUT2D eigenvalue weighted by molar-refractivity contribution is 0.0698. The van der Waals surface area contributed by atoms with Crippen molar-refractivity contribution in [3.63, 3.8) is 0 Å². The Hall–Kier alpha value is -2.42. The molecule has 0 spiro atoms. The number of carbonyl (C=O) groups excluding carboxylic acids is 1. The highest BCUT2D eigenvalue weighted by molar-refractivity contribution is 7.91. The Balaban J connectivity index is 1.44. The van der Waals surface area contributed by atoms with Crippen LogP contribution in [0.1, 0.15) is 21.7 Å². The summed E-state index contributed by atoms with van der Waals surface area (Å²) in [7, 11) is -3.46. The van der Waals surface area contributed by atoms with Crippen LogP contribution in [-0.2, 0) is 10.0 Å². The third kappa shape index (κ3) is 3.75. The maximum absolute atomic E-state index is 12.9. The van der Waals surface area contributed by atoms with E-state index in [-0.39, 0.29) is 5.91 Å². The number of thiophene rings is 1. The first-order valence-corrected chi connectivity index (χ1v) is 11.8. The van der Waals surface area contributed by atoms with Crippen molar-refractivity contribution in [1.82, 2.24) is 13.8 Å². The van der Waals surface area contributed by atoms with Crippen molar-refractivity contribution in [2.45, 2.75) is 18.1 Å². The van der Waals surface area contributed by atoms with E-state index in [1.807, 2.05) is 24.3 Å². The second kappa shape index (κ2) is 7.78. The summed E-state index contributed by atoms with van der Waals surface area (Å²) in [6.45, 7) is 5.51.